The molecule has 0 spiro atoms. The molecule has 2 aromatic heterocycles. The minimum Gasteiger partial charge on any atom is -0.310 e. The van der Waals surface area contributed by atoms with Crippen molar-refractivity contribution < 1.29 is 0 Å². The van der Waals surface area contributed by atoms with Crippen molar-refractivity contribution in [3.8, 4) is 0 Å². The Labute approximate surface area is 124 Å². The van der Waals surface area contributed by atoms with E-state index in [4.69, 9.17) is 5.10 Å². The maximum Gasteiger partial charge on any atom is 0.0722 e. The molecule has 0 saturated heterocycles. The first kappa shape index (κ1) is 13.8. The van der Waals surface area contributed by atoms with Crippen molar-refractivity contribution in [1.82, 2.24) is 20.1 Å². The predicted molar refractivity (Wildman–Crippen MR) is 85.1 cm³/mol. The van der Waals surface area contributed by atoms with E-state index in [0.717, 1.165) is 18.7 Å². The largest absolute Gasteiger partial charge is 0.310 e. The monoisotopic (exact) mass is 280 g/mol. The molecule has 108 valence electrons. The van der Waals surface area contributed by atoms with Crippen molar-refractivity contribution in [2.45, 2.75) is 19.4 Å². The van der Waals surface area contributed by atoms with Gasteiger partial charge in [0.2, 0.25) is 0 Å². The smallest absolute Gasteiger partial charge is 0.0722 e. The summed E-state index contributed by atoms with van der Waals surface area (Å²) in [5.74, 6) is 0. The van der Waals surface area contributed by atoms with E-state index in [1.807, 2.05) is 24.1 Å². The van der Waals surface area contributed by atoms with E-state index in [9.17, 15) is 0 Å². The average Bonchev–Trinajstić information content (AvgIpc) is 2.85. The molecule has 1 atom stereocenters. The van der Waals surface area contributed by atoms with Crippen LogP contribution in [0.2, 0.25) is 0 Å². The van der Waals surface area contributed by atoms with Crippen LogP contribution in [-0.4, -0.2) is 21.3 Å². The molecule has 3 aromatic rings. The van der Waals surface area contributed by atoms with Crippen molar-refractivity contribution in [2.75, 3.05) is 6.54 Å². The number of likely N-dealkylation sites (N-methyl/N-ethyl adjacent to an activating group) is 1. The molecule has 0 aliphatic rings. The molecule has 2 heterocycles. The number of aryl methyl sites for hydroxylation is 1. The molecule has 21 heavy (non-hydrogen) atoms. The highest BCUT2D eigenvalue weighted by Crippen LogP contribution is 2.23. The Kier molecular flexibility index (Phi) is 3.97. The predicted octanol–water partition coefficient (Wildman–Crippen LogP) is 2.86. The number of aromatic nitrogens is 3. The number of para-hydroxylation sites is 1. The summed E-state index contributed by atoms with van der Waals surface area (Å²) in [4.78, 5) is 4.10. The number of nitrogens with one attached hydrogen (secondary N) is 1. The van der Waals surface area contributed by atoms with Crippen molar-refractivity contribution in [2.24, 2.45) is 7.05 Å². The van der Waals surface area contributed by atoms with Gasteiger partial charge in [-0.15, -0.1) is 0 Å². The quantitative estimate of drug-likeness (QED) is 0.781. The van der Waals surface area contributed by atoms with Gasteiger partial charge in [0.05, 0.1) is 11.2 Å². The van der Waals surface area contributed by atoms with Crippen LogP contribution >= 0.6 is 0 Å². The van der Waals surface area contributed by atoms with Crippen LogP contribution in [-0.2, 0) is 13.5 Å². The first-order valence-corrected chi connectivity index (χ1v) is 7.33. The molecule has 1 N–H and O–H groups in total. The molecular formula is C17H20N4. The van der Waals surface area contributed by atoms with Gasteiger partial charge in [0.25, 0.3) is 0 Å². The fourth-order valence-electron chi connectivity index (χ4n) is 2.78. The summed E-state index contributed by atoms with van der Waals surface area (Å²) in [5, 5.41) is 9.48. The first-order chi connectivity index (χ1) is 10.3. The Morgan fingerprint density at radius 1 is 1.14 bits per heavy atom. The average molecular weight is 280 g/mol. The van der Waals surface area contributed by atoms with Crippen LogP contribution in [0.4, 0.5) is 0 Å². The number of pyridine rings is 1. The zero-order chi connectivity index (χ0) is 14.7. The van der Waals surface area contributed by atoms with E-state index in [2.05, 4.69) is 53.6 Å². The number of rotatable bonds is 5. The van der Waals surface area contributed by atoms with Crippen LogP contribution < -0.4 is 5.32 Å². The third kappa shape index (κ3) is 2.81. The SMILES string of the molecule is CCNC(Cc1nn(C)c2ccccc12)c1ccncc1. The van der Waals surface area contributed by atoms with Crippen LogP contribution in [0.3, 0.4) is 0 Å². The highest BCUT2D eigenvalue weighted by molar-refractivity contribution is 5.81. The summed E-state index contributed by atoms with van der Waals surface area (Å²) in [6.45, 7) is 3.06. The Balaban J connectivity index is 1.95. The lowest BCUT2D eigenvalue weighted by Gasteiger charge is -2.17. The Hall–Kier alpha value is -2.20. The molecule has 0 saturated carbocycles. The number of fused-ring (bicyclic) bond motifs is 1. The van der Waals surface area contributed by atoms with Gasteiger partial charge in [-0.3, -0.25) is 9.67 Å². The lowest BCUT2D eigenvalue weighted by Crippen LogP contribution is -2.23. The van der Waals surface area contributed by atoms with Gasteiger partial charge in [0.1, 0.15) is 0 Å². The third-order valence-electron chi connectivity index (χ3n) is 3.79. The van der Waals surface area contributed by atoms with Gasteiger partial charge >= 0.3 is 0 Å². The highest BCUT2D eigenvalue weighted by atomic mass is 15.3. The summed E-state index contributed by atoms with van der Waals surface area (Å²) < 4.78 is 1.96. The van der Waals surface area contributed by atoms with E-state index in [0.29, 0.717) is 0 Å². The standard InChI is InChI=1S/C17H20N4/c1-3-19-15(13-8-10-18-11-9-13)12-16-14-6-4-5-7-17(14)21(2)20-16/h4-11,15,19H,3,12H2,1-2H3. The van der Waals surface area contributed by atoms with Gasteiger partial charge < -0.3 is 5.32 Å². The Morgan fingerprint density at radius 2 is 1.90 bits per heavy atom. The second-order valence-corrected chi connectivity index (χ2v) is 5.18. The van der Waals surface area contributed by atoms with Crippen molar-refractivity contribution in [3.63, 3.8) is 0 Å². The highest BCUT2D eigenvalue weighted by Gasteiger charge is 2.15. The molecule has 4 nitrogen and oxygen atoms in total. The van der Waals surface area contributed by atoms with Crippen molar-refractivity contribution >= 4 is 10.9 Å². The van der Waals surface area contributed by atoms with Gasteiger partial charge in [-0.25, -0.2) is 0 Å². The van der Waals surface area contributed by atoms with Gasteiger partial charge in [0, 0.05) is 37.3 Å². The minimum atomic E-state index is 0.260. The van der Waals surface area contributed by atoms with Crippen LogP contribution in [0.1, 0.15) is 24.2 Å². The molecule has 1 aromatic carbocycles. The summed E-state index contributed by atoms with van der Waals surface area (Å²) in [7, 11) is 2.00. The number of nitrogens with zero attached hydrogens (tertiary/aromatic N) is 3. The van der Waals surface area contributed by atoms with E-state index in [1.165, 1.54) is 16.5 Å². The fraction of sp³-hybridized carbons (Fsp3) is 0.294. The zero-order valence-corrected chi connectivity index (χ0v) is 12.5. The number of hydrogen-bond acceptors (Lipinski definition) is 3. The molecule has 1 unspecified atom stereocenters. The van der Waals surface area contributed by atoms with E-state index < -0.39 is 0 Å². The maximum absolute atomic E-state index is 4.70. The molecule has 0 aliphatic carbocycles. The topological polar surface area (TPSA) is 42.7 Å². The molecule has 4 heteroatoms. The molecule has 0 fully saturated rings. The van der Waals surface area contributed by atoms with Crippen LogP contribution in [0.25, 0.3) is 10.9 Å². The first-order valence-electron chi connectivity index (χ1n) is 7.33. The molecule has 0 aliphatic heterocycles. The maximum atomic E-state index is 4.70. The second kappa shape index (κ2) is 6.06. The van der Waals surface area contributed by atoms with Gasteiger partial charge in [-0.2, -0.15) is 5.10 Å². The van der Waals surface area contributed by atoms with Gasteiger partial charge in [0.15, 0.2) is 0 Å². The van der Waals surface area contributed by atoms with Crippen LogP contribution in [0, 0.1) is 0 Å². The molecule has 3 rings (SSSR count). The lowest BCUT2D eigenvalue weighted by molar-refractivity contribution is 0.541. The van der Waals surface area contributed by atoms with Gasteiger partial charge in [-0.05, 0) is 30.3 Å². The van der Waals surface area contributed by atoms with E-state index >= 15 is 0 Å². The number of hydrogen-bond donors (Lipinski definition) is 1. The number of benzene rings is 1. The van der Waals surface area contributed by atoms with Gasteiger partial charge in [-0.1, -0.05) is 25.1 Å². The van der Waals surface area contributed by atoms with Crippen LogP contribution in [0.15, 0.2) is 48.8 Å². The van der Waals surface area contributed by atoms with E-state index in [-0.39, 0.29) is 6.04 Å². The lowest BCUT2D eigenvalue weighted by atomic mass is 10.0. The van der Waals surface area contributed by atoms with Crippen molar-refractivity contribution in [3.05, 3.63) is 60.0 Å². The summed E-state index contributed by atoms with van der Waals surface area (Å²) in [6, 6.07) is 12.8. The molecule has 0 amide bonds. The van der Waals surface area contributed by atoms with Crippen molar-refractivity contribution in [1.29, 1.82) is 0 Å². The second-order valence-electron chi connectivity index (χ2n) is 5.18. The summed E-state index contributed by atoms with van der Waals surface area (Å²) >= 11 is 0. The minimum absolute atomic E-state index is 0.260. The fourth-order valence-corrected chi connectivity index (χ4v) is 2.78. The Bertz CT molecular complexity index is 718. The normalized spacial score (nSPS) is 12.7. The Morgan fingerprint density at radius 3 is 2.67 bits per heavy atom. The van der Waals surface area contributed by atoms with Crippen LogP contribution in [0.5, 0.6) is 0 Å². The summed E-state index contributed by atoms with van der Waals surface area (Å²) in [5.41, 5.74) is 3.56. The molecule has 0 radical (unpaired) electrons. The van der Waals surface area contributed by atoms with E-state index in [1.54, 1.807) is 0 Å². The zero-order valence-electron chi connectivity index (χ0n) is 12.5. The molecular weight excluding hydrogens is 260 g/mol. The summed E-state index contributed by atoms with van der Waals surface area (Å²) in [6.07, 6.45) is 4.56. The third-order valence-corrected chi connectivity index (χ3v) is 3.79. The molecule has 0 bridgehead atoms.